The molecule has 0 aromatic heterocycles. The summed E-state index contributed by atoms with van der Waals surface area (Å²) in [6, 6.07) is 0.590. The molecule has 3 nitrogen and oxygen atoms in total. The SMILES string of the molecule is CNC(C)C1CCCN(CC(C)O)C1. The molecule has 1 rings (SSSR count). The average Bonchev–Trinajstić information content (AvgIpc) is 2.16. The minimum absolute atomic E-state index is 0.196. The molecule has 0 bridgehead atoms. The molecule has 14 heavy (non-hydrogen) atoms. The van der Waals surface area contributed by atoms with Gasteiger partial charge >= 0.3 is 0 Å². The van der Waals surface area contributed by atoms with Crippen molar-refractivity contribution in [3.63, 3.8) is 0 Å². The maximum atomic E-state index is 9.33. The topological polar surface area (TPSA) is 35.5 Å². The smallest absolute Gasteiger partial charge is 0.0639 e. The van der Waals surface area contributed by atoms with E-state index in [-0.39, 0.29) is 6.10 Å². The van der Waals surface area contributed by atoms with Gasteiger partial charge in [-0.15, -0.1) is 0 Å². The monoisotopic (exact) mass is 200 g/mol. The fraction of sp³-hybridized carbons (Fsp3) is 1.00. The summed E-state index contributed by atoms with van der Waals surface area (Å²) in [5.41, 5.74) is 0. The predicted octanol–water partition coefficient (Wildman–Crippen LogP) is 0.687. The van der Waals surface area contributed by atoms with E-state index in [4.69, 9.17) is 0 Å². The first-order valence-electron chi connectivity index (χ1n) is 5.71. The maximum Gasteiger partial charge on any atom is 0.0639 e. The van der Waals surface area contributed by atoms with Crippen molar-refractivity contribution in [2.45, 2.75) is 38.8 Å². The summed E-state index contributed by atoms with van der Waals surface area (Å²) in [4.78, 5) is 2.38. The summed E-state index contributed by atoms with van der Waals surface area (Å²) in [7, 11) is 2.03. The highest BCUT2D eigenvalue weighted by Gasteiger charge is 2.23. The van der Waals surface area contributed by atoms with Crippen LogP contribution >= 0.6 is 0 Å². The van der Waals surface area contributed by atoms with Gasteiger partial charge in [-0.3, -0.25) is 0 Å². The zero-order valence-electron chi connectivity index (χ0n) is 9.66. The molecular formula is C11H24N2O. The second-order valence-electron chi connectivity index (χ2n) is 4.59. The molecule has 1 aliphatic rings. The van der Waals surface area contributed by atoms with Crippen molar-refractivity contribution in [2.24, 2.45) is 5.92 Å². The van der Waals surface area contributed by atoms with E-state index < -0.39 is 0 Å². The van der Waals surface area contributed by atoms with Gasteiger partial charge < -0.3 is 15.3 Å². The van der Waals surface area contributed by atoms with Gasteiger partial charge in [0, 0.05) is 19.1 Å². The van der Waals surface area contributed by atoms with Gasteiger partial charge in [0.2, 0.25) is 0 Å². The molecule has 3 atom stereocenters. The number of aliphatic hydroxyl groups is 1. The zero-order chi connectivity index (χ0) is 10.6. The fourth-order valence-electron chi connectivity index (χ4n) is 2.27. The van der Waals surface area contributed by atoms with Crippen LogP contribution in [0.2, 0.25) is 0 Å². The van der Waals surface area contributed by atoms with Gasteiger partial charge in [0.05, 0.1) is 6.10 Å². The van der Waals surface area contributed by atoms with Crippen molar-refractivity contribution in [1.82, 2.24) is 10.2 Å². The third-order valence-corrected chi connectivity index (χ3v) is 3.23. The van der Waals surface area contributed by atoms with Gasteiger partial charge in [0.15, 0.2) is 0 Å². The van der Waals surface area contributed by atoms with Crippen molar-refractivity contribution in [3.05, 3.63) is 0 Å². The van der Waals surface area contributed by atoms with Crippen LogP contribution in [0.5, 0.6) is 0 Å². The Balaban J connectivity index is 2.35. The molecule has 0 aromatic carbocycles. The molecule has 3 heteroatoms. The van der Waals surface area contributed by atoms with Crippen molar-refractivity contribution in [2.75, 3.05) is 26.7 Å². The molecule has 1 heterocycles. The lowest BCUT2D eigenvalue weighted by atomic mass is 9.91. The van der Waals surface area contributed by atoms with E-state index in [1.165, 1.54) is 12.8 Å². The molecule has 0 aromatic rings. The Hall–Kier alpha value is -0.120. The molecule has 0 aliphatic carbocycles. The molecule has 1 aliphatic heterocycles. The number of likely N-dealkylation sites (tertiary alicyclic amines) is 1. The van der Waals surface area contributed by atoms with E-state index in [0.29, 0.717) is 6.04 Å². The lowest BCUT2D eigenvalue weighted by Gasteiger charge is -2.36. The average molecular weight is 200 g/mol. The van der Waals surface area contributed by atoms with Crippen LogP contribution in [-0.2, 0) is 0 Å². The van der Waals surface area contributed by atoms with Gasteiger partial charge in [-0.1, -0.05) is 0 Å². The highest BCUT2D eigenvalue weighted by Crippen LogP contribution is 2.19. The van der Waals surface area contributed by atoms with E-state index in [2.05, 4.69) is 17.1 Å². The van der Waals surface area contributed by atoms with Gasteiger partial charge in [-0.25, -0.2) is 0 Å². The largest absolute Gasteiger partial charge is 0.392 e. The fourth-order valence-corrected chi connectivity index (χ4v) is 2.27. The summed E-state index contributed by atoms with van der Waals surface area (Å²) >= 11 is 0. The minimum atomic E-state index is -0.196. The summed E-state index contributed by atoms with van der Waals surface area (Å²) in [5, 5.41) is 12.6. The Kier molecular flexibility index (Phi) is 4.85. The summed E-state index contributed by atoms with van der Waals surface area (Å²) in [5.74, 6) is 0.743. The number of piperidine rings is 1. The highest BCUT2D eigenvalue weighted by atomic mass is 16.3. The second kappa shape index (κ2) is 5.69. The maximum absolute atomic E-state index is 9.33. The molecule has 0 spiro atoms. The lowest BCUT2D eigenvalue weighted by molar-refractivity contribution is 0.0871. The van der Waals surface area contributed by atoms with Crippen molar-refractivity contribution in [1.29, 1.82) is 0 Å². The molecule has 1 fully saturated rings. The van der Waals surface area contributed by atoms with Crippen molar-refractivity contribution < 1.29 is 5.11 Å². The Bertz CT molecular complexity index is 161. The predicted molar refractivity (Wildman–Crippen MR) is 59.4 cm³/mol. The summed E-state index contributed by atoms with van der Waals surface area (Å²) in [6.45, 7) is 7.22. The molecule has 1 saturated heterocycles. The number of aliphatic hydroxyl groups excluding tert-OH is 1. The van der Waals surface area contributed by atoms with Crippen LogP contribution in [0.15, 0.2) is 0 Å². The zero-order valence-corrected chi connectivity index (χ0v) is 9.66. The second-order valence-corrected chi connectivity index (χ2v) is 4.59. The van der Waals surface area contributed by atoms with E-state index in [1.807, 2.05) is 14.0 Å². The molecule has 2 N–H and O–H groups in total. The molecule has 3 unspecified atom stereocenters. The van der Waals surface area contributed by atoms with Crippen LogP contribution in [0.1, 0.15) is 26.7 Å². The number of β-amino-alcohol motifs (C(OH)–C–C–N with tert-alkyl or cyclic N) is 1. The third kappa shape index (κ3) is 3.56. The van der Waals surface area contributed by atoms with E-state index in [0.717, 1.165) is 25.6 Å². The van der Waals surface area contributed by atoms with Crippen molar-refractivity contribution >= 4 is 0 Å². The first-order chi connectivity index (χ1) is 6.63. The standard InChI is InChI=1S/C11H24N2O/c1-9(14)7-13-6-4-5-11(8-13)10(2)12-3/h9-12,14H,4-8H2,1-3H3. The molecule has 0 saturated carbocycles. The molecule has 84 valence electrons. The Labute approximate surface area is 87.5 Å². The van der Waals surface area contributed by atoms with Crippen molar-refractivity contribution in [3.8, 4) is 0 Å². The number of rotatable bonds is 4. The van der Waals surface area contributed by atoms with Crippen LogP contribution in [0.4, 0.5) is 0 Å². The Morgan fingerprint density at radius 1 is 1.50 bits per heavy atom. The quantitative estimate of drug-likeness (QED) is 0.701. The van der Waals surface area contributed by atoms with E-state index >= 15 is 0 Å². The van der Waals surface area contributed by atoms with Crippen LogP contribution in [0, 0.1) is 5.92 Å². The van der Waals surface area contributed by atoms with Gasteiger partial charge in [0.1, 0.15) is 0 Å². The summed E-state index contributed by atoms with van der Waals surface area (Å²) in [6.07, 6.45) is 2.39. The van der Waals surface area contributed by atoms with Gasteiger partial charge in [-0.2, -0.15) is 0 Å². The number of hydrogen-bond acceptors (Lipinski definition) is 3. The number of nitrogens with zero attached hydrogens (tertiary/aromatic N) is 1. The normalized spacial score (nSPS) is 28.7. The molecule has 0 radical (unpaired) electrons. The van der Waals surface area contributed by atoms with Crippen LogP contribution in [0.3, 0.4) is 0 Å². The number of hydrogen-bond donors (Lipinski definition) is 2. The molecule has 0 amide bonds. The van der Waals surface area contributed by atoms with E-state index in [9.17, 15) is 5.11 Å². The first-order valence-corrected chi connectivity index (χ1v) is 5.71. The van der Waals surface area contributed by atoms with Crippen LogP contribution in [0.25, 0.3) is 0 Å². The van der Waals surface area contributed by atoms with Crippen LogP contribution in [-0.4, -0.2) is 48.8 Å². The van der Waals surface area contributed by atoms with E-state index in [1.54, 1.807) is 0 Å². The first kappa shape index (κ1) is 12.0. The minimum Gasteiger partial charge on any atom is -0.392 e. The molecular weight excluding hydrogens is 176 g/mol. The Morgan fingerprint density at radius 2 is 2.21 bits per heavy atom. The van der Waals surface area contributed by atoms with Crippen LogP contribution < -0.4 is 5.32 Å². The number of nitrogens with one attached hydrogen (secondary N) is 1. The third-order valence-electron chi connectivity index (χ3n) is 3.23. The lowest BCUT2D eigenvalue weighted by Crippen LogP contribution is -2.45. The summed E-state index contributed by atoms with van der Waals surface area (Å²) < 4.78 is 0. The highest BCUT2D eigenvalue weighted by molar-refractivity contribution is 4.80. The van der Waals surface area contributed by atoms with Gasteiger partial charge in [-0.05, 0) is 46.2 Å². The Morgan fingerprint density at radius 3 is 2.79 bits per heavy atom. The van der Waals surface area contributed by atoms with Gasteiger partial charge in [0.25, 0.3) is 0 Å².